The fourth-order valence-electron chi connectivity index (χ4n) is 3.14. The highest BCUT2D eigenvalue weighted by Gasteiger charge is 2.47. The quantitative estimate of drug-likeness (QED) is 0.809. The van der Waals surface area contributed by atoms with Crippen molar-refractivity contribution in [1.29, 1.82) is 0 Å². The molecule has 3 rings (SSSR count). The first-order valence-electron chi connectivity index (χ1n) is 7.68. The van der Waals surface area contributed by atoms with E-state index in [-0.39, 0.29) is 36.1 Å². The molecule has 24 heavy (non-hydrogen) atoms. The van der Waals surface area contributed by atoms with Gasteiger partial charge in [0.25, 0.3) is 0 Å². The van der Waals surface area contributed by atoms with Crippen molar-refractivity contribution in [2.24, 2.45) is 11.8 Å². The summed E-state index contributed by atoms with van der Waals surface area (Å²) in [4.78, 5) is 26.1. The van der Waals surface area contributed by atoms with Gasteiger partial charge in [0.05, 0.1) is 18.9 Å². The van der Waals surface area contributed by atoms with Gasteiger partial charge in [-0.3, -0.25) is 14.5 Å². The number of anilines is 1. The maximum atomic E-state index is 12.4. The molecule has 1 aromatic carbocycles. The van der Waals surface area contributed by atoms with Crippen molar-refractivity contribution < 1.29 is 14.3 Å². The van der Waals surface area contributed by atoms with E-state index in [1.807, 2.05) is 30.3 Å². The van der Waals surface area contributed by atoms with Gasteiger partial charge in [-0.05, 0) is 37.1 Å². The van der Waals surface area contributed by atoms with Crippen LogP contribution in [0.2, 0.25) is 0 Å². The van der Waals surface area contributed by atoms with Gasteiger partial charge in [0.15, 0.2) is 0 Å². The summed E-state index contributed by atoms with van der Waals surface area (Å²) in [6.07, 6.45) is 2.91. The van der Waals surface area contributed by atoms with Crippen LogP contribution in [-0.2, 0) is 9.59 Å². The second-order valence-corrected chi connectivity index (χ2v) is 6.27. The summed E-state index contributed by atoms with van der Waals surface area (Å²) in [7, 11) is 1.62. The molecule has 5 nitrogen and oxygen atoms in total. The highest BCUT2D eigenvalue weighted by atomic mass is 35.5. The fraction of sp³-hybridized carbons (Fsp3) is 0.412. The Balaban J connectivity index is 0.00000208. The predicted molar refractivity (Wildman–Crippen MR) is 95.6 cm³/mol. The number of nitrogens with one attached hydrogen (secondary N) is 1. The van der Waals surface area contributed by atoms with E-state index in [9.17, 15) is 9.59 Å². The average Bonchev–Trinajstić information content (AvgIpc) is 2.80. The zero-order valence-electron chi connectivity index (χ0n) is 13.3. The van der Waals surface area contributed by atoms with Gasteiger partial charge >= 0.3 is 0 Å². The molecule has 2 unspecified atom stereocenters. The predicted octanol–water partition coefficient (Wildman–Crippen LogP) is 3.05. The third kappa shape index (κ3) is 3.68. The number of hydrogen-bond acceptors (Lipinski definition) is 4. The van der Waals surface area contributed by atoms with Crippen LogP contribution in [0.1, 0.15) is 12.8 Å². The number of fused-ring (bicyclic) bond motifs is 1. The molecule has 1 saturated heterocycles. The van der Waals surface area contributed by atoms with Gasteiger partial charge in [-0.15, -0.1) is 12.4 Å². The molecule has 0 aromatic heterocycles. The van der Waals surface area contributed by atoms with Crippen LogP contribution in [0.25, 0.3) is 0 Å². The fourth-order valence-corrected chi connectivity index (χ4v) is 3.39. The molecule has 0 bridgehead atoms. The first-order valence-corrected chi connectivity index (χ1v) is 8.05. The van der Waals surface area contributed by atoms with Crippen LogP contribution in [0.15, 0.2) is 35.4 Å². The highest BCUT2D eigenvalue weighted by Crippen LogP contribution is 2.38. The SMILES string of the molecule is COc1ccc(NCCN2C(=O)C3CC=C(Cl)CC3C2=O)cc1.Cl. The van der Waals surface area contributed by atoms with Crippen LogP contribution >= 0.6 is 24.0 Å². The molecule has 1 heterocycles. The van der Waals surface area contributed by atoms with E-state index in [2.05, 4.69) is 5.32 Å². The first kappa shape index (κ1) is 18.6. The monoisotopic (exact) mass is 370 g/mol. The lowest BCUT2D eigenvalue weighted by molar-refractivity contribution is -0.139. The number of ether oxygens (including phenoxy) is 1. The first-order chi connectivity index (χ1) is 11.1. The van der Waals surface area contributed by atoms with E-state index in [1.165, 1.54) is 4.90 Å². The summed E-state index contributed by atoms with van der Waals surface area (Å²) in [5.41, 5.74) is 0.923. The van der Waals surface area contributed by atoms with Crippen LogP contribution in [0.5, 0.6) is 5.75 Å². The number of carbonyl (C=O) groups is 2. The Labute approximate surface area is 152 Å². The number of imide groups is 1. The largest absolute Gasteiger partial charge is 0.497 e. The number of carbonyl (C=O) groups excluding carboxylic acids is 2. The molecule has 1 aromatic rings. The molecule has 7 heteroatoms. The Morgan fingerprint density at radius 3 is 2.54 bits per heavy atom. The van der Waals surface area contributed by atoms with E-state index in [0.717, 1.165) is 11.4 Å². The molecular formula is C17H20Cl2N2O3. The van der Waals surface area contributed by atoms with E-state index < -0.39 is 0 Å². The van der Waals surface area contributed by atoms with Gasteiger partial charge in [-0.1, -0.05) is 17.7 Å². The Bertz CT molecular complexity index is 646. The lowest BCUT2D eigenvalue weighted by Gasteiger charge is -2.17. The smallest absolute Gasteiger partial charge is 0.233 e. The van der Waals surface area contributed by atoms with E-state index in [1.54, 1.807) is 7.11 Å². The molecule has 1 aliphatic carbocycles. The van der Waals surface area contributed by atoms with E-state index in [4.69, 9.17) is 16.3 Å². The number of methoxy groups -OCH3 is 1. The van der Waals surface area contributed by atoms with Crippen molar-refractivity contribution in [1.82, 2.24) is 4.90 Å². The van der Waals surface area contributed by atoms with Gasteiger partial charge in [0.2, 0.25) is 11.8 Å². The summed E-state index contributed by atoms with van der Waals surface area (Å²) in [5, 5.41) is 3.90. The van der Waals surface area contributed by atoms with Crippen LogP contribution in [0, 0.1) is 11.8 Å². The maximum absolute atomic E-state index is 12.4. The number of rotatable bonds is 5. The third-order valence-corrected chi connectivity index (χ3v) is 4.72. The third-order valence-electron chi connectivity index (χ3n) is 4.41. The maximum Gasteiger partial charge on any atom is 0.233 e. The number of halogens is 2. The van der Waals surface area contributed by atoms with E-state index >= 15 is 0 Å². The second kappa shape index (κ2) is 7.90. The Morgan fingerprint density at radius 2 is 1.88 bits per heavy atom. The lowest BCUT2D eigenvalue weighted by Crippen LogP contribution is -2.35. The number of benzene rings is 1. The summed E-state index contributed by atoms with van der Waals surface area (Å²) in [6, 6.07) is 7.51. The van der Waals surface area contributed by atoms with Crippen molar-refractivity contribution in [3.8, 4) is 5.75 Å². The number of nitrogens with zero attached hydrogens (tertiary/aromatic N) is 1. The molecule has 130 valence electrons. The second-order valence-electron chi connectivity index (χ2n) is 5.79. The minimum absolute atomic E-state index is 0. The number of amides is 2. The molecule has 0 saturated carbocycles. The van der Waals surface area contributed by atoms with Crippen LogP contribution in [-0.4, -0.2) is 36.9 Å². The standard InChI is InChI=1S/C17H19ClN2O3.ClH/c1-23-13-5-3-12(4-6-13)19-8-9-20-16(21)14-7-2-11(18)10-15(14)17(20)22;/h2-6,14-15,19H,7-10H2,1H3;1H. The van der Waals surface area contributed by atoms with Crippen LogP contribution < -0.4 is 10.1 Å². The van der Waals surface area contributed by atoms with Crippen molar-refractivity contribution in [3.05, 3.63) is 35.4 Å². The van der Waals surface area contributed by atoms with Crippen LogP contribution in [0.3, 0.4) is 0 Å². The zero-order chi connectivity index (χ0) is 16.4. The number of allylic oxidation sites excluding steroid dienone is 2. The molecule has 1 aliphatic heterocycles. The highest BCUT2D eigenvalue weighted by molar-refractivity contribution is 6.30. The van der Waals surface area contributed by atoms with Crippen molar-refractivity contribution >= 4 is 41.5 Å². The molecule has 0 spiro atoms. The van der Waals surface area contributed by atoms with Crippen molar-refractivity contribution in [2.75, 3.05) is 25.5 Å². The Kier molecular flexibility index (Phi) is 6.13. The molecule has 2 aliphatic rings. The van der Waals surface area contributed by atoms with Crippen molar-refractivity contribution in [2.45, 2.75) is 12.8 Å². The number of likely N-dealkylation sites (tertiary alicyclic amines) is 1. The minimum Gasteiger partial charge on any atom is -0.497 e. The van der Waals surface area contributed by atoms with E-state index in [0.29, 0.717) is 31.0 Å². The molecule has 2 amide bonds. The Hall–Kier alpha value is -1.72. The zero-order valence-corrected chi connectivity index (χ0v) is 14.9. The molecule has 1 N–H and O–H groups in total. The van der Waals surface area contributed by atoms with Gasteiger partial charge in [-0.2, -0.15) is 0 Å². The summed E-state index contributed by atoms with van der Waals surface area (Å²) in [6.45, 7) is 0.888. The van der Waals surface area contributed by atoms with Gasteiger partial charge in [-0.25, -0.2) is 0 Å². The van der Waals surface area contributed by atoms with Crippen molar-refractivity contribution in [3.63, 3.8) is 0 Å². The van der Waals surface area contributed by atoms with Gasteiger partial charge < -0.3 is 10.1 Å². The summed E-state index contributed by atoms with van der Waals surface area (Å²) >= 11 is 6.01. The molecular weight excluding hydrogens is 351 g/mol. The topological polar surface area (TPSA) is 58.6 Å². The summed E-state index contributed by atoms with van der Waals surface area (Å²) in [5.74, 6) is 0.112. The van der Waals surface area contributed by atoms with Gasteiger partial charge in [0, 0.05) is 23.8 Å². The van der Waals surface area contributed by atoms with Gasteiger partial charge in [0.1, 0.15) is 5.75 Å². The molecule has 1 fully saturated rings. The average molecular weight is 371 g/mol. The normalized spacial score (nSPS) is 22.6. The van der Waals surface area contributed by atoms with Crippen LogP contribution in [0.4, 0.5) is 5.69 Å². The Morgan fingerprint density at radius 1 is 1.21 bits per heavy atom. The number of hydrogen-bond donors (Lipinski definition) is 1. The summed E-state index contributed by atoms with van der Waals surface area (Å²) < 4.78 is 5.10. The molecule has 2 atom stereocenters. The molecule has 0 radical (unpaired) electrons. The lowest BCUT2D eigenvalue weighted by atomic mass is 9.85. The minimum atomic E-state index is -0.277.